The van der Waals surface area contributed by atoms with Crippen LogP contribution in [0.2, 0.25) is 0 Å². The van der Waals surface area contributed by atoms with Gasteiger partial charge in [-0.05, 0) is 12.1 Å². The maximum absolute atomic E-state index is 12.6. The van der Waals surface area contributed by atoms with Gasteiger partial charge >= 0.3 is 0 Å². The summed E-state index contributed by atoms with van der Waals surface area (Å²) in [7, 11) is 0. The molecule has 0 saturated heterocycles. The lowest BCUT2D eigenvalue weighted by Gasteiger charge is -2.11. The number of fused-ring (bicyclic) bond motifs is 3. The van der Waals surface area contributed by atoms with Crippen LogP contribution in [0.1, 0.15) is 32.1 Å². The van der Waals surface area contributed by atoms with E-state index in [0.29, 0.717) is 17.0 Å². The van der Waals surface area contributed by atoms with E-state index in [9.17, 15) is 9.59 Å². The summed E-state index contributed by atoms with van der Waals surface area (Å²) in [5.41, 5.74) is 2.99. The third-order valence-corrected chi connectivity index (χ3v) is 4.35. The van der Waals surface area contributed by atoms with Crippen LogP contribution in [-0.2, 0) is 0 Å². The number of imidazole rings is 1. The Kier molecular flexibility index (Phi) is 2.45. The highest BCUT2D eigenvalue weighted by molar-refractivity contribution is 6.27. The van der Waals surface area contributed by atoms with Crippen LogP contribution < -0.4 is 0 Å². The van der Waals surface area contributed by atoms with Gasteiger partial charge in [-0.15, -0.1) is 0 Å². The average molecular weight is 313 g/mol. The predicted molar refractivity (Wildman–Crippen MR) is 89.2 cm³/mol. The van der Waals surface area contributed by atoms with Gasteiger partial charge in [0.2, 0.25) is 11.6 Å². The van der Waals surface area contributed by atoms with Crippen molar-refractivity contribution in [3.63, 3.8) is 0 Å². The van der Waals surface area contributed by atoms with Crippen LogP contribution in [0, 0.1) is 0 Å². The minimum absolute atomic E-state index is 0.187. The molecule has 4 aromatic rings. The molecule has 0 amide bonds. The molecule has 5 nitrogen and oxygen atoms in total. The summed E-state index contributed by atoms with van der Waals surface area (Å²) >= 11 is 0. The molecule has 1 aliphatic carbocycles. The molecule has 2 N–H and O–H groups in total. The van der Waals surface area contributed by atoms with Crippen molar-refractivity contribution in [2.24, 2.45) is 0 Å². The van der Waals surface area contributed by atoms with Gasteiger partial charge in [0.15, 0.2) is 5.82 Å². The van der Waals surface area contributed by atoms with Crippen LogP contribution in [0.3, 0.4) is 0 Å². The number of carbonyl (C=O) groups excluding carboxylic acids is 2. The normalized spacial score (nSPS) is 13.2. The molecule has 2 heterocycles. The molecule has 0 radical (unpaired) electrons. The number of ketones is 2. The highest BCUT2D eigenvalue weighted by atomic mass is 16.1. The molecule has 0 unspecified atom stereocenters. The number of hydrogen-bond acceptors (Lipinski definition) is 3. The zero-order chi connectivity index (χ0) is 16.3. The Morgan fingerprint density at radius 2 is 1.50 bits per heavy atom. The molecule has 0 spiro atoms. The van der Waals surface area contributed by atoms with Crippen molar-refractivity contribution in [2.75, 3.05) is 0 Å². The first kappa shape index (κ1) is 13.0. The molecule has 0 aliphatic heterocycles. The fraction of sp³-hybridized carbons (Fsp3) is 0. The van der Waals surface area contributed by atoms with Crippen LogP contribution >= 0.6 is 0 Å². The number of carbonyl (C=O) groups is 2. The summed E-state index contributed by atoms with van der Waals surface area (Å²) in [6.45, 7) is 0. The van der Waals surface area contributed by atoms with Gasteiger partial charge in [0.25, 0.3) is 0 Å². The van der Waals surface area contributed by atoms with E-state index >= 15 is 0 Å². The van der Waals surface area contributed by atoms with Gasteiger partial charge in [-0.3, -0.25) is 9.59 Å². The summed E-state index contributed by atoms with van der Waals surface area (Å²) in [6.07, 6.45) is 0. The zero-order valence-electron chi connectivity index (χ0n) is 12.5. The van der Waals surface area contributed by atoms with Gasteiger partial charge < -0.3 is 9.97 Å². The first-order chi connectivity index (χ1) is 11.7. The third-order valence-electron chi connectivity index (χ3n) is 4.35. The van der Waals surface area contributed by atoms with Crippen molar-refractivity contribution >= 4 is 22.5 Å². The standard InChI is InChI=1S/C19H11N3O2/c23-17-11-6-2-3-7-12(11)18(24)16-15(17)21-19(22-16)14-9-10-5-1-4-8-13(10)20-14/h1-9,20H,(H,21,22). The van der Waals surface area contributed by atoms with E-state index < -0.39 is 0 Å². The number of H-pyrrole nitrogens is 2. The van der Waals surface area contributed by atoms with Gasteiger partial charge in [0, 0.05) is 22.0 Å². The quantitative estimate of drug-likeness (QED) is 0.498. The molecule has 114 valence electrons. The number of hydrogen-bond donors (Lipinski definition) is 2. The second-order valence-corrected chi connectivity index (χ2v) is 5.78. The summed E-state index contributed by atoms with van der Waals surface area (Å²) in [5.74, 6) is 0.0691. The maximum Gasteiger partial charge on any atom is 0.214 e. The van der Waals surface area contributed by atoms with Crippen LogP contribution in [-0.4, -0.2) is 26.5 Å². The predicted octanol–water partition coefficient (Wildman–Crippen LogP) is 3.33. The molecule has 2 aromatic carbocycles. The highest BCUT2D eigenvalue weighted by Gasteiger charge is 2.33. The summed E-state index contributed by atoms with van der Waals surface area (Å²) in [4.78, 5) is 35.9. The molecule has 5 rings (SSSR count). The smallest absolute Gasteiger partial charge is 0.214 e. The Hall–Kier alpha value is -3.47. The first-order valence-corrected chi connectivity index (χ1v) is 7.59. The molecule has 0 saturated carbocycles. The topological polar surface area (TPSA) is 78.6 Å². The number of rotatable bonds is 1. The fourth-order valence-electron chi connectivity index (χ4n) is 3.17. The van der Waals surface area contributed by atoms with E-state index in [4.69, 9.17) is 0 Å². The third kappa shape index (κ3) is 1.66. The Labute approximate surface area is 136 Å². The van der Waals surface area contributed by atoms with Crippen LogP contribution in [0.25, 0.3) is 22.4 Å². The van der Waals surface area contributed by atoms with Crippen molar-refractivity contribution in [3.05, 3.63) is 77.1 Å². The van der Waals surface area contributed by atoms with E-state index in [1.807, 2.05) is 30.3 Å². The Balaban J connectivity index is 1.70. The Morgan fingerprint density at radius 1 is 0.792 bits per heavy atom. The second-order valence-electron chi connectivity index (χ2n) is 5.78. The Bertz CT molecular complexity index is 1060. The van der Waals surface area contributed by atoms with Crippen LogP contribution in [0.15, 0.2) is 54.6 Å². The zero-order valence-corrected chi connectivity index (χ0v) is 12.5. The molecule has 24 heavy (non-hydrogen) atoms. The van der Waals surface area contributed by atoms with Gasteiger partial charge in [-0.25, -0.2) is 4.98 Å². The van der Waals surface area contributed by atoms with Gasteiger partial charge in [-0.2, -0.15) is 0 Å². The van der Waals surface area contributed by atoms with E-state index in [1.165, 1.54) is 0 Å². The van der Waals surface area contributed by atoms with Crippen molar-refractivity contribution < 1.29 is 9.59 Å². The fourth-order valence-corrected chi connectivity index (χ4v) is 3.17. The molecule has 0 bridgehead atoms. The number of nitrogens with one attached hydrogen (secondary N) is 2. The second kappa shape index (κ2) is 4.52. The van der Waals surface area contributed by atoms with Gasteiger partial charge in [0.05, 0.1) is 5.69 Å². The molecular formula is C19H11N3O2. The van der Waals surface area contributed by atoms with E-state index in [-0.39, 0.29) is 23.0 Å². The number of nitrogens with zero attached hydrogens (tertiary/aromatic N) is 1. The van der Waals surface area contributed by atoms with Crippen molar-refractivity contribution in [1.82, 2.24) is 15.0 Å². The molecule has 2 aromatic heterocycles. The lowest BCUT2D eigenvalue weighted by Crippen LogP contribution is -2.20. The van der Waals surface area contributed by atoms with E-state index in [2.05, 4.69) is 15.0 Å². The van der Waals surface area contributed by atoms with Crippen LogP contribution in [0.5, 0.6) is 0 Å². The largest absolute Gasteiger partial charge is 0.352 e. The van der Waals surface area contributed by atoms with Crippen molar-refractivity contribution in [1.29, 1.82) is 0 Å². The van der Waals surface area contributed by atoms with Gasteiger partial charge in [0.1, 0.15) is 11.4 Å². The monoisotopic (exact) mass is 313 g/mol. The first-order valence-electron chi connectivity index (χ1n) is 7.59. The molecule has 0 fully saturated rings. The van der Waals surface area contributed by atoms with Crippen molar-refractivity contribution in [3.8, 4) is 11.5 Å². The van der Waals surface area contributed by atoms with Gasteiger partial charge in [-0.1, -0.05) is 42.5 Å². The summed E-state index contributed by atoms with van der Waals surface area (Å²) in [5, 5.41) is 1.04. The minimum Gasteiger partial charge on any atom is -0.352 e. The summed E-state index contributed by atoms with van der Waals surface area (Å²) in [6, 6.07) is 16.6. The molecule has 0 atom stereocenters. The highest BCUT2D eigenvalue weighted by Crippen LogP contribution is 2.29. The lowest BCUT2D eigenvalue weighted by molar-refractivity contribution is 0.0974. The Morgan fingerprint density at radius 3 is 2.29 bits per heavy atom. The van der Waals surface area contributed by atoms with E-state index in [1.54, 1.807) is 24.3 Å². The number of benzene rings is 2. The van der Waals surface area contributed by atoms with Crippen molar-refractivity contribution in [2.45, 2.75) is 0 Å². The number of aromatic nitrogens is 3. The summed E-state index contributed by atoms with van der Waals surface area (Å²) < 4.78 is 0. The molecular weight excluding hydrogens is 302 g/mol. The number of para-hydroxylation sites is 1. The SMILES string of the molecule is O=C1c2ccccc2C(=O)c2[nH]c(-c3cc4ccccc4[nH]3)nc21. The van der Waals surface area contributed by atoms with Crippen LogP contribution in [0.4, 0.5) is 0 Å². The number of aromatic amines is 2. The molecule has 1 aliphatic rings. The van der Waals surface area contributed by atoms with E-state index in [0.717, 1.165) is 16.6 Å². The minimum atomic E-state index is -0.223. The average Bonchev–Trinajstić information content (AvgIpc) is 3.24. The lowest BCUT2D eigenvalue weighted by atomic mass is 9.90. The molecule has 5 heteroatoms. The maximum atomic E-state index is 12.6.